The van der Waals surface area contributed by atoms with Gasteiger partial charge in [0.15, 0.2) is 0 Å². The monoisotopic (exact) mass is 315 g/mol. The smallest absolute Gasteiger partial charge is 0.244 e. The average molecular weight is 315 g/mol. The van der Waals surface area contributed by atoms with Crippen molar-refractivity contribution in [2.45, 2.75) is 37.1 Å². The molecule has 0 radical (unpaired) electrons. The first-order valence-electron chi connectivity index (χ1n) is 6.91. The highest BCUT2D eigenvalue weighted by atomic mass is 32.2. The van der Waals surface area contributed by atoms with Crippen molar-refractivity contribution in [2.24, 2.45) is 0 Å². The quantitative estimate of drug-likeness (QED) is 0.841. The Morgan fingerprint density at radius 1 is 1.50 bits per heavy atom. The largest absolute Gasteiger partial charge is 0.384 e. The summed E-state index contributed by atoms with van der Waals surface area (Å²) in [5, 5.41) is 3.14. The summed E-state index contributed by atoms with van der Waals surface area (Å²) < 4.78 is 27.8. The zero-order chi connectivity index (χ0) is 14.4. The van der Waals surface area contributed by atoms with Gasteiger partial charge in [-0.2, -0.15) is 11.8 Å². The van der Waals surface area contributed by atoms with E-state index in [0.29, 0.717) is 5.69 Å². The maximum Gasteiger partial charge on any atom is 0.244 e. The number of nitrogens with one attached hydrogen (secondary N) is 2. The maximum absolute atomic E-state index is 12.5. The van der Waals surface area contributed by atoms with Gasteiger partial charge in [0.25, 0.3) is 0 Å². The lowest BCUT2D eigenvalue weighted by molar-refractivity contribution is 0.543. The molecule has 0 bridgehead atoms. The van der Waals surface area contributed by atoms with Gasteiger partial charge in [0, 0.05) is 30.7 Å². The van der Waals surface area contributed by atoms with Gasteiger partial charge in [0.1, 0.15) is 4.90 Å². The van der Waals surface area contributed by atoms with Crippen molar-refractivity contribution in [3.05, 3.63) is 18.5 Å². The molecule has 1 fully saturated rings. The number of nitrogens with zero attached hydrogens (tertiary/aromatic N) is 1. The second kappa shape index (κ2) is 7.28. The van der Waals surface area contributed by atoms with Crippen LogP contribution < -0.4 is 10.0 Å². The molecule has 2 rings (SSSR count). The Kier molecular flexibility index (Phi) is 5.68. The predicted molar refractivity (Wildman–Crippen MR) is 83.7 cm³/mol. The minimum absolute atomic E-state index is 0.0259. The van der Waals surface area contributed by atoms with Gasteiger partial charge in [-0.1, -0.05) is 6.92 Å². The fourth-order valence-electron chi connectivity index (χ4n) is 2.12. The Balaban J connectivity index is 2.15. The molecule has 0 spiro atoms. The number of hydrogen-bond acceptors (Lipinski definition) is 5. The molecule has 1 atom stereocenters. The molecular formula is C13H21N3O2S2. The van der Waals surface area contributed by atoms with Crippen molar-refractivity contribution in [3.63, 3.8) is 0 Å². The van der Waals surface area contributed by atoms with E-state index in [0.717, 1.165) is 37.3 Å². The molecule has 112 valence electrons. The van der Waals surface area contributed by atoms with E-state index in [1.807, 2.05) is 6.92 Å². The standard InChI is InChI=1S/C13H21N3O2S2/c1-2-6-15-12-5-7-14-9-13(12)20(17,18)16-11-4-3-8-19-10-11/h5,7,9,11,16H,2-4,6,8,10H2,1H3,(H,14,15). The summed E-state index contributed by atoms with van der Waals surface area (Å²) >= 11 is 1.80. The molecule has 2 heterocycles. The van der Waals surface area contributed by atoms with E-state index in [1.54, 1.807) is 24.0 Å². The summed E-state index contributed by atoms with van der Waals surface area (Å²) in [5.41, 5.74) is 0.623. The van der Waals surface area contributed by atoms with E-state index < -0.39 is 10.0 Å². The lowest BCUT2D eigenvalue weighted by atomic mass is 10.2. The Morgan fingerprint density at radius 3 is 3.05 bits per heavy atom. The number of pyridine rings is 1. The molecule has 7 heteroatoms. The molecule has 1 aliphatic heterocycles. The molecule has 1 aromatic heterocycles. The van der Waals surface area contributed by atoms with E-state index in [9.17, 15) is 8.42 Å². The van der Waals surface area contributed by atoms with Gasteiger partial charge in [0.2, 0.25) is 10.0 Å². The van der Waals surface area contributed by atoms with Crippen molar-refractivity contribution in [1.29, 1.82) is 0 Å². The summed E-state index contributed by atoms with van der Waals surface area (Å²) in [5.74, 6) is 1.96. The molecule has 0 aromatic carbocycles. The minimum atomic E-state index is -3.51. The summed E-state index contributed by atoms with van der Waals surface area (Å²) in [6.45, 7) is 2.78. The van der Waals surface area contributed by atoms with Gasteiger partial charge in [-0.3, -0.25) is 4.98 Å². The lowest BCUT2D eigenvalue weighted by Gasteiger charge is -2.23. The van der Waals surface area contributed by atoms with Gasteiger partial charge in [-0.25, -0.2) is 13.1 Å². The van der Waals surface area contributed by atoms with Crippen LogP contribution in [0.2, 0.25) is 0 Å². The van der Waals surface area contributed by atoms with Crippen LogP contribution >= 0.6 is 11.8 Å². The first-order chi connectivity index (χ1) is 9.63. The third-order valence-corrected chi connectivity index (χ3v) is 5.89. The zero-order valence-electron chi connectivity index (χ0n) is 11.6. The van der Waals surface area contributed by atoms with Crippen LogP contribution in [0.5, 0.6) is 0 Å². The number of anilines is 1. The van der Waals surface area contributed by atoms with Crippen LogP contribution in [0.1, 0.15) is 26.2 Å². The van der Waals surface area contributed by atoms with E-state index in [4.69, 9.17) is 0 Å². The predicted octanol–water partition coefficient (Wildman–Crippen LogP) is 2.08. The number of hydrogen-bond donors (Lipinski definition) is 2. The zero-order valence-corrected chi connectivity index (χ0v) is 13.3. The first-order valence-corrected chi connectivity index (χ1v) is 9.55. The van der Waals surface area contributed by atoms with Gasteiger partial charge in [0.05, 0.1) is 5.69 Å². The van der Waals surface area contributed by atoms with E-state index in [1.165, 1.54) is 6.20 Å². The van der Waals surface area contributed by atoms with Crippen LogP contribution in [-0.4, -0.2) is 37.5 Å². The highest BCUT2D eigenvalue weighted by Crippen LogP contribution is 2.23. The van der Waals surface area contributed by atoms with E-state index in [-0.39, 0.29) is 10.9 Å². The molecule has 0 aliphatic carbocycles. The summed E-state index contributed by atoms with van der Waals surface area (Å²) in [6.07, 6.45) is 5.92. The molecule has 0 saturated carbocycles. The summed E-state index contributed by atoms with van der Waals surface area (Å²) in [6, 6.07) is 1.73. The third kappa shape index (κ3) is 4.10. The van der Waals surface area contributed by atoms with Crippen molar-refractivity contribution in [3.8, 4) is 0 Å². The molecule has 0 amide bonds. The Hall–Kier alpha value is -0.790. The van der Waals surface area contributed by atoms with Crippen LogP contribution in [0, 0.1) is 0 Å². The minimum Gasteiger partial charge on any atom is -0.384 e. The number of aromatic nitrogens is 1. The molecule has 1 aliphatic rings. The maximum atomic E-state index is 12.5. The second-order valence-corrected chi connectivity index (χ2v) is 7.67. The Morgan fingerprint density at radius 2 is 2.35 bits per heavy atom. The van der Waals surface area contributed by atoms with Gasteiger partial charge < -0.3 is 5.32 Å². The molecule has 1 saturated heterocycles. The highest BCUT2D eigenvalue weighted by molar-refractivity contribution is 7.99. The Bertz CT molecular complexity index is 528. The normalized spacial score (nSPS) is 19.8. The lowest BCUT2D eigenvalue weighted by Crippen LogP contribution is -2.38. The highest BCUT2D eigenvalue weighted by Gasteiger charge is 2.24. The number of thioether (sulfide) groups is 1. The number of sulfonamides is 1. The fraction of sp³-hybridized carbons (Fsp3) is 0.615. The Labute approximate surface area is 125 Å². The van der Waals surface area contributed by atoms with Crippen LogP contribution in [0.3, 0.4) is 0 Å². The molecule has 1 aromatic rings. The van der Waals surface area contributed by atoms with E-state index >= 15 is 0 Å². The second-order valence-electron chi connectivity index (χ2n) is 4.83. The molecule has 20 heavy (non-hydrogen) atoms. The molecule has 2 N–H and O–H groups in total. The number of rotatable bonds is 6. The van der Waals surface area contributed by atoms with Crippen molar-refractivity contribution < 1.29 is 8.42 Å². The fourth-order valence-corrected chi connectivity index (χ4v) is 4.69. The topological polar surface area (TPSA) is 71.1 Å². The SMILES string of the molecule is CCCNc1ccncc1S(=O)(=O)NC1CCCSC1. The van der Waals surface area contributed by atoms with Crippen molar-refractivity contribution in [1.82, 2.24) is 9.71 Å². The summed E-state index contributed by atoms with van der Waals surface area (Å²) in [4.78, 5) is 4.19. The average Bonchev–Trinajstić information content (AvgIpc) is 2.46. The molecule has 1 unspecified atom stereocenters. The molecule has 5 nitrogen and oxygen atoms in total. The van der Waals surface area contributed by atoms with Gasteiger partial charge in [-0.15, -0.1) is 0 Å². The van der Waals surface area contributed by atoms with Gasteiger partial charge >= 0.3 is 0 Å². The van der Waals surface area contributed by atoms with E-state index in [2.05, 4.69) is 15.0 Å². The summed E-state index contributed by atoms with van der Waals surface area (Å²) in [7, 11) is -3.51. The van der Waals surface area contributed by atoms with Crippen LogP contribution in [-0.2, 0) is 10.0 Å². The van der Waals surface area contributed by atoms with Crippen LogP contribution in [0.25, 0.3) is 0 Å². The van der Waals surface area contributed by atoms with Crippen LogP contribution in [0.4, 0.5) is 5.69 Å². The third-order valence-electron chi connectivity index (χ3n) is 3.12. The van der Waals surface area contributed by atoms with Crippen LogP contribution in [0.15, 0.2) is 23.4 Å². The van der Waals surface area contributed by atoms with Crippen molar-refractivity contribution in [2.75, 3.05) is 23.4 Å². The molecular weight excluding hydrogens is 294 g/mol. The van der Waals surface area contributed by atoms with Crippen molar-refractivity contribution >= 4 is 27.5 Å². The van der Waals surface area contributed by atoms with Gasteiger partial charge in [-0.05, 0) is 31.1 Å². The first kappa shape index (κ1) is 15.6.